The first-order valence-corrected chi connectivity index (χ1v) is 6.04. The standard InChI is InChI=1S/C11H18N4O6/c1-3-5-21-6-4-14-8(10(13)16)9(15(18)19)7(12)11(17)20-2/h12,14H,3-6H2,1-2H3,(H2,13,16)/b9-8+,12-7?. The molecule has 0 heterocycles. The fraction of sp³-hybridized carbons (Fsp3) is 0.545. The van der Waals surface area contributed by atoms with Crippen molar-refractivity contribution in [3.8, 4) is 0 Å². The van der Waals surface area contributed by atoms with Crippen LogP contribution in [0.2, 0.25) is 0 Å². The average molecular weight is 302 g/mol. The number of nitro groups is 1. The number of primary amides is 1. The first kappa shape index (κ1) is 18.5. The lowest BCUT2D eigenvalue weighted by Gasteiger charge is -2.09. The molecule has 0 aliphatic heterocycles. The molecule has 0 fully saturated rings. The van der Waals surface area contributed by atoms with E-state index in [1.54, 1.807) is 0 Å². The van der Waals surface area contributed by atoms with Gasteiger partial charge in [-0.25, -0.2) is 4.79 Å². The second-order valence-corrected chi connectivity index (χ2v) is 3.75. The summed E-state index contributed by atoms with van der Waals surface area (Å²) in [6.45, 7) is 2.65. The highest BCUT2D eigenvalue weighted by molar-refractivity contribution is 6.41. The van der Waals surface area contributed by atoms with Crippen LogP contribution in [0.5, 0.6) is 0 Å². The van der Waals surface area contributed by atoms with Crippen LogP contribution in [-0.2, 0) is 19.1 Å². The Bertz CT molecular complexity index is 460. The molecule has 0 aromatic carbocycles. The molecule has 0 spiro atoms. The molecule has 0 saturated heterocycles. The van der Waals surface area contributed by atoms with Crippen molar-refractivity contribution in [2.24, 2.45) is 5.73 Å². The maximum absolute atomic E-state index is 11.3. The number of nitrogens with zero attached hydrogens (tertiary/aromatic N) is 1. The summed E-state index contributed by atoms with van der Waals surface area (Å²) in [5.74, 6) is -2.41. The maximum Gasteiger partial charge on any atom is 0.363 e. The van der Waals surface area contributed by atoms with Crippen LogP contribution in [0.3, 0.4) is 0 Å². The van der Waals surface area contributed by atoms with E-state index in [1.165, 1.54) is 0 Å². The van der Waals surface area contributed by atoms with E-state index in [0.29, 0.717) is 6.61 Å². The van der Waals surface area contributed by atoms with Crippen LogP contribution in [0.15, 0.2) is 11.4 Å². The van der Waals surface area contributed by atoms with E-state index >= 15 is 0 Å². The van der Waals surface area contributed by atoms with Crippen molar-refractivity contribution >= 4 is 17.6 Å². The van der Waals surface area contributed by atoms with Crippen molar-refractivity contribution in [3.05, 3.63) is 21.5 Å². The quantitative estimate of drug-likeness (QED) is 0.119. The van der Waals surface area contributed by atoms with Crippen molar-refractivity contribution in [2.75, 3.05) is 26.9 Å². The average Bonchev–Trinajstić information content (AvgIpc) is 2.43. The number of ether oxygens (including phenoxy) is 2. The van der Waals surface area contributed by atoms with Gasteiger partial charge in [0.05, 0.1) is 18.6 Å². The van der Waals surface area contributed by atoms with Gasteiger partial charge in [0.25, 0.3) is 5.91 Å². The number of nitrogens with two attached hydrogens (primary N) is 1. The van der Waals surface area contributed by atoms with E-state index in [1.807, 2.05) is 6.92 Å². The zero-order valence-corrected chi connectivity index (χ0v) is 11.8. The molecule has 1 amide bonds. The lowest BCUT2D eigenvalue weighted by molar-refractivity contribution is -0.416. The Hall–Kier alpha value is -2.49. The molecule has 0 aromatic rings. The molecule has 10 nitrogen and oxygen atoms in total. The highest BCUT2D eigenvalue weighted by Gasteiger charge is 2.32. The third kappa shape index (κ3) is 5.99. The Morgan fingerprint density at radius 2 is 2.00 bits per heavy atom. The van der Waals surface area contributed by atoms with Crippen LogP contribution in [0, 0.1) is 15.5 Å². The van der Waals surface area contributed by atoms with Gasteiger partial charge < -0.3 is 20.5 Å². The minimum absolute atomic E-state index is 0.0596. The van der Waals surface area contributed by atoms with Crippen molar-refractivity contribution in [2.45, 2.75) is 13.3 Å². The molecule has 0 atom stereocenters. The van der Waals surface area contributed by atoms with E-state index in [2.05, 4.69) is 10.1 Å². The van der Waals surface area contributed by atoms with Crippen LogP contribution in [0.1, 0.15) is 13.3 Å². The molecule has 0 radical (unpaired) electrons. The van der Waals surface area contributed by atoms with Gasteiger partial charge in [-0.3, -0.25) is 20.3 Å². The Morgan fingerprint density at radius 3 is 2.43 bits per heavy atom. The first-order valence-electron chi connectivity index (χ1n) is 6.04. The molecule has 21 heavy (non-hydrogen) atoms. The summed E-state index contributed by atoms with van der Waals surface area (Å²) >= 11 is 0. The van der Waals surface area contributed by atoms with E-state index in [-0.39, 0.29) is 13.2 Å². The van der Waals surface area contributed by atoms with Crippen LogP contribution in [-0.4, -0.2) is 49.4 Å². The summed E-state index contributed by atoms with van der Waals surface area (Å²) in [5.41, 5.74) is 2.29. The van der Waals surface area contributed by atoms with Gasteiger partial charge in [0.1, 0.15) is 0 Å². The predicted molar refractivity (Wildman–Crippen MR) is 72.1 cm³/mol. The summed E-state index contributed by atoms with van der Waals surface area (Å²) < 4.78 is 9.35. The van der Waals surface area contributed by atoms with Crippen LogP contribution >= 0.6 is 0 Å². The van der Waals surface area contributed by atoms with Gasteiger partial charge in [-0.1, -0.05) is 6.92 Å². The van der Waals surface area contributed by atoms with Crippen LogP contribution in [0.4, 0.5) is 0 Å². The number of carbonyl (C=O) groups is 2. The largest absolute Gasteiger partial charge is 0.464 e. The van der Waals surface area contributed by atoms with Crippen molar-refractivity contribution < 1.29 is 24.0 Å². The molecule has 118 valence electrons. The smallest absolute Gasteiger partial charge is 0.363 e. The van der Waals surface area contributed by atoms with Gasteiger partial charge in [-0.2, -0.15) is 0 Å². The van der Waals surface area contributed by atoms with Gasteiger partial charge >= 0.3 is 11.7 Å². The molecule has 10 heteroatoms. The number of nitrogens with one attached hydrogen (secondary N) is 2. The highest BCUT2D eigenvalue weighted by atomic mass is 16.6. The number of rotatable bonds is 10. The van der Waals surface area contributed by atoms with Gasteiger partial charge in [-0.15, -0.1) is 0 Å². The number of carbonyl (C=O) groups excluding carboxylic acids is 2. The van der Waals surface area contributed by atoms with Crippen LogP contribution in [0.25, 0.3) is 0 Å². The molecule has 0 saturated carbocycles. The molecule has 0 aliphatic carbocycles. The molecular weight excluding hydrogens is 284 g/mol. The SMILES string of the molecule is CCCOCCN/C(C(N)=O)=C(\C(=N)C(=O)OC)[N+](=O)[O-]. The topological polar surface area (TPSA) is 158 Å². The first-order chi connectivity index (χ1) is 9.86. The zero-order chi connectivity index (χ0) is 16.4. The normalized spacial score (nSPS) is 11.3. The number of esters is 1. The lowest BCUT2D eigenvalue weighted by atomic mass is 10.2. The monoisotopic (exact) mass is 302 g/mol. The molecule has 0 aliphatic rings. The third-order valence-electron chi connectivity index (χ3n) is 2.19. The van der Waals surface area contributed by atoms with E-state index in [0.717, 1.165) is 13.5 Å². The summed E-state index contributed by atoms with van der Waals surface area (Å²) in [6.07, 6.45) is 0.797. The Labute approximate surface area is 120 Å². The number of amides is 1. The fourth-order valence-corrected chi connectivity index (χ4v) is 1.29. The number of hydrogen-bond acceptors (Lipinski definition) is 8. The number of hydrogen-bond donors (Lipinski definition) is 3. The van der Waals surface area contributed by atoms with Gasteiger partial charge in [0.2, 0.25) is 5.71 Å². The van der Waals surface area contributed by atoms with E-state index < -0.39 is 33.9 Å². The third-order valence-corrected chi connectivity index (χ3v) is 2.19. The van der Waals surface area contributed by atoms with Crippen LogP contribution < -0.4 is 11.1 Å². The van der Waals surface area contributed by atoms with Gasteiger partial charge in [0, 0.05) is 13.2 Å². The minimum atomic E-state index is -1.25. The summed E-state index contributed by atoms with van der Waals surface area (Å²) in [7, 11) is 0.963. The Kier molecular flexibility index (Phi) is 8.30. The second kappa shape index (κ2) is 9.42. The fourth-order valence-electron chi connectivity index (χ4n) is 1.29. The summed E-state index contributed by atoms with van der Waals surface area (Å²) in [4.78, 5) is 32.4. The van der Waals surface area contributed by atoms with Gasteiger partial charge in [0.15, 0.2) is 5.70 Å². The summed E-state index contributed by atoms with van der Waals surface area (Å²) in [6, 6.07) is 0. The van der Waals surface area contributed by atoms with Gasteiger partial charge in [-0.05, 0) is 6.42 Å². The molecule has 0 aromatic heterocycles. The van der Waals surface area contributed by atoms with Crippen molar-refractivity contribution in [3.63, 3.8) is 0 Å². The molecule has 4 N–H and O–H groups in total. The maximum atomic E-state index is 11.3. The zero-order valence-electron chi connectivity index (χ0n) is 11.8. The molecular formula is C11H18N4O6. The second-order valence-electron chi connectivity index (χ2n) is 3.75. The molecule has 0 rings (SSSR count). The Balaban J connectivity index is 5.19. The van der Waals surface area contributed by atoms with E-state index in [9.17, 15) is 19.7 Å². The highest BCUT2D eigenvalue weighted by Crippen LogP contribution is 2.06. The summed E-state index contributed by atoms with van der Waals surface area (Å²) in [5, 5.41) is 20.8. The number of methoxy groups -OCH3 is 1. The van der Waals surface area contributed by atoms with E-state index in [4.69, 9.17) is 15.9 Å². The van der Waals surface area contributed by atoms with Crippen molar-refractivity contribution in [1.82, 2.24) is 5.32 Å². The lowest BCUT2D eigenvalue weighted by Crippen LogP contribution is -2.35. The molecule has 0 unspecified atom stereocenters. The Morgan fingerprint density at radius 1 is 1.38 bits per heavy atom. The minimum Gasteiger partial charge on any atom is -0.464 e. The molecule has 0 bridgehead atoms. The van der Waals surface area contributed by atoms with Crippen molar-refractivity contribution in [1.29, 1.82) is 5.41 Å². The predicted octanol–water partition coefficient (Wildman–Crippen LogP) is -0.831.